The maximum Gasteiger partial charge on any atom is 0.251 e. The summed E-state index contributed by atoms with van der Waals surface area (Å²) in [5.41, 5.74) is 6.87. The van der Waals surface area contributed by atoms with Crippen molar-refractivity contribution in [1.82, 2.24) is 10.3 Å². The van der Waals surface area contributed by atoms with Gasteiger partial charge >= 0.3 is 0 Å². The van der Waals surface area contributed by atoms with Gasteiger partial charge in [-0.15, -0.1) is 0 Å². The smallest absolute Gasteiger partial charge is 0.251 e. The van der Waals surface area contributed by atoms with Gasteiger partial charge in [0.05, 0.1) is 12.3 Å². The Morgan fingerprint density at radius 2 is 2.06 bits per heavy atom. The minimum absolute atomic E-state index is 0.0113. The molecule has 1 unspecified atom stereocenters. The molecule has 2 amide bonds. The van der Waals surface area contributed by atoms with Gasteiger partial charge in [0.1, 0.15) is 11.6 Å². The maximum absolute atomic E-state index is 13.1. The van der Waals surface area contributed by atoms with Gasteiger partial charge in [0.2, 0.25) is 5.91 Å². The zero-order chi connectivity index (χ0) is 23.4. The van der Waals surface area contributed by atoms with E-state index in [1.807, 2.05) is 26.0 Å². The molecule has 1 atom stereocenters. The van der Waals surface area contributed by atoms with Gasteiger partial charge in [0.25, 0.3) is 5.91 Å². The van der Waals surface area contributed by atoms with Crippen LogP contribution in [0.4, 0.5) is 11.5 Å². The van der Waals surface area contributed by atoms with Crippen molar-refractivity contribution in [2.24, 2.45) is 11.0 Å². The molecule has 1 aliphatic rings. The van der Waals surface area contributed by atoms with Crippen LogP contribution in [0.25, 0.3) is 0 Å². The average Bonchev–Trinajstić information content (AvgIpc) is 2.73. The monoisotopic (exact) mass is 450 g/mol. The predicted molar refractivity (Wildman–Crippen MR) is 124 cm³/mol. The summed E-state index contributed by atoms with van der Waals surface area (Å²) >= 11 is 5.22. The van der Waals surface area contributed by atoms with Gasteiger partial charge in [-0.25, -0.2) is 4.98 Å². The number of benzene rings is 1. The number of carbonyl (C=O) groups is 2. The molecule has 0 aliphatic carbocycles. The summed E-state index contributed by atoms with van der Waals surface area (Å²) in [6, 6.07) is 9.30. The third-order valence-corrected chi connectivity index (χ3v) is 5.27. The van der Waals surface area contributed by atoms with E-state index in [1.54, 1.807) is 19.1 Å². The van der Waals surface area contributed by atoms with Crippen LogP contribution in [0.3, 0.4) is 0 Å². The number of nitrogens with one attached hydrogen (secondary N) is 2. The Morgan fingerprint density at radius 3 is 2.72 bits per heavy atom. The first-order valence-electron chi connectivity index (χ1n) is 9.71. The summed E-state index contributed by atoms with van der Waals surface area (Å²) in [6.07, 6.45) is 1.18. The summed E-state index contributed by atoms with van der Waals surface area (Å²) in [6.45, 7) is 5.90. The zero-order valence-corrected chi connectivity index (χ0v) is 18.9. The van der Waals surface area contributed by atoms with Gasteiger partial charge in [0.15, 0.2) is 16.8 Å². The second-order valence-electron chi connectivity index (χ2n) is 7.30. The van der Waals surface area contributed by atoms with Crippen LogP contribution in [0, 0.1) is 38.0 Å². The molecule has 0 saturated carbocycles. The number of methoxy groups -OCH3 is 1. The summed E-state index contributed by atoms with van der Waals surface area (Å²) in [5.74, 6) is -2.10. The number of aryl methyl sites for hydroxylation is 3. The van der Waals surface area contributed by atoms with Crippen LogP contribution >= 0.6 is 12.2 Å². The van der Waals surface area contributed by atoms with Crippen molar-refractivity contribution in [3.8, 4) is 6.07 Å². The Hall–Kier alpha value is -3.68. The Balaban J connectivity index is 1.86. The summed E-state index contributed by atoms with van der Waals surface area (Å²) in [4.78, 5) is 31.1. The van der Waals surface area contributed by atoms with Crippen molar-refractivity contribution in [1.29, 1.82) is 5.26 Å². The number of thiocarbonyl (C=S) groups is 1. The van der Waals surface area contributed by atoms with E-state index >= 15 is 0 Å². The molecule has 2 N–H and O–H groups in total. The van der Waals surface area contributed by atoms with Gasteiger partial charge in [0, 0.05) is 24.6 Å². The van der Waals surface area contributed by atoms with Crippen LogP contribution < -0.4 is 15.6 Å². The van der Waals surface area contributed by atoms with Crippen LogP contribution in [-0.4, -0.2) is 35.2 Å². The lowest BCUT2D eigenvalue weighted by Gasteiger charge is -2.31. The number of nitriles is 1. The van der Waals surface area contributed by atoms with E-state index in [1.165, 1.54) is 18.2 Å². The first kappa shape index (κ1) is 23.0. The highest BCUT2D eigenvalue weighted by atomic mass is 32.1. The number of nitrogens with zero attached hydrogens (tertiary/aromatic N) is 4. The fourth-order valence-electron chi connectivity index (χ4n) is 3.22. The molecule has 1 aromatic carbocycles. The largest absolute Gasteiger partial charge is 0.380 e. The lowest BCUT2D eigenvalue weighted by atomic mass is 10.0. The number of pyridine rings is 1. The molecule has 1 saturated heterocycles. The third-order valence-electron chi connectivity index (χ3n) is 4.99. The Bertz CT molecular complexity index is 1170. The molecule has 0 bridgehead atoms. The van der Waals surface area contributed by atoms with E-state index in [2.05, 4.69) is 26.9 Å². The molecule has 2 aromatic rings. The quantitative estimate of drug-likeness (QED) is 0.300. The standard InChI is InChI=1S/C22H22N6O3S/c1-12-5-6-16(7-13(12)2)28-21(30)18(20(29)26-22(28)32)10-24-27-19-17(9-23)15(11-31-4)8-14(3)25-19/h5-8,10,18H,11H2,1-4H3,(H,25,27)(H,26,29,32). The molecule has 1 fully saturated rings. The Morgan fingerprint density at radius 1 is 1.31 bits per heavy atom. The van der Waals surface area contributed by atoms with Crippen molar-refractivity contribution in [3.05, 3.63) is 52.2 Å². The molecule has 0 spiro atoms. The second-order valence-corrected chi connectivity index (χ2v) is 7.68. The van der Waals surface area contributed by atoms with Gasteiger partial charge in [-0.1, -0.05) is 6.07 Å². The highest BCUT2D eigenvalue weighted by molar-refractivity contribution is 7.80. The molecule has 32 heavy (non-hydrogen) atoms. The van der Waals surface area contributed by atoms with E-state index in [0.717, 1.165) is 11.1 Å². The third kappa shape index (κ3) is 4.64. The highest BCUT2D eigenvalue weighted by Crippen LogP contribution is 2.23. The second kappa shape index (κ2) is 9.64. The molecular weight excluding hydrogens is 428 g/mol. The molecule has 1 aliphatic heterocycles. The number of ether oxygens (including phenoxy) is 1. The fraction of sp³-hybridized carbons (Fsp3) is 0.273. The molecule has 10 heteroatoms. The molecule has 0 radical (unpaired) electrons. The summed E-state index contributed by atoms with van der Waals surface area (Å²) in [7, 11) is 1.53. The normalized spacial score (nSPS) is 16.3. The number of rotatable bonds is 6. The molecule has 164 valence electrons. The molecule has 2 heterocycles. The van der Waals surface area contributed by atoms with E-state index < -0.39 is 17.7 Å². The van der Waals surface area contributed by atoms with Gasteiger partial charge in [-0.2, -0.15) is 10.4 Å². The number of hydrogen-bond acceptors (Lipinski definition) is 8. The van der Waals surface area contributed by atoms with E-state index in [9.17, 15) is 14.9 Å². The highest BCUT2D eigenvalue weighted by Gasteiger charge is 2.38. The molecule has 1 aromatic heterocycles. The first-order valence-corrected chi connectivity index (χ1v) is 10.1. The van der Waals surface area contributed by atoms with Crippen LogP contribution in [0.2, 0.25) is 0 Å². The van der Waals surface area contributed by atoms with E-state index in [-0.39, 0.29) is 23.1 Å². The number of anilines is 2. The Kier molecular flexibility index (Phi) is 6.92. The van der Waals surface area contributed by atoms with E-state index in [4.69, 9.17) is 17.0 Å². The SMILES string of the molecule is COCc1cc(C)nc(NN=CC2C(=O)NC(=S)N(c3ccc(C)c(C)c3)C2=O)c1C#N. The van der Waals surface area contributed by atoms with Gasteiger partial charge < -0.3 is 10.1 Å². The van der Waals surface area contributed by atoms with Crippen LogP contribution in [0.5, 0.6) is 0 Å². The predicted octanol–water partition coefficient (Wildman–Crippen LogP) is 2.49. The lowest BCUT2D eigenvalue weighted by molar-refractivity contribution is -0.130. The Labute approximate surface area is 191 Å². The van der Waals surface area contributed by atoms with Crippen molar-refractivity contribution >= 4 is 46.9 Å². The lowest BCUT2D eigenvalue weighted by Crippen LogP contribution is -2.58. The minimum Gasteiger partial charge on any atom is -0.380 e. The number of hydrogen-bond donors (Lipinski definition) is 2. The minimum atomic E-state index is -1.20. The molecular formula is C22H22N6O3S. The van der Waals surface area contributed by atoms with E-state index in [0.29, 0.717) is 16.9 Å². The number of carbonyl (C=O) groups excluding carboxylic acids is 2. The van der Waals surface area contributed by atoms with Gasteiger partial charge in [-0.05, 0) is 62.3 Å². The topological polar surface area (TPSA) is 120 Å². The fourth-order valence-corrected chi connectivity index (χ4v) is 3.52. The number of aromatic nitrogens is 1. The van der Waals surface area contributed by atoms with Crippen molar-refractivity contribution in [3.63, 3.8) is 0 Å². The van der Waals surface area contributed by atoms with Crippen molar-refractivity contribution in [2.45, 2.75) is 27.4 Å². The molecule has 3 rings (SSSR count). The van der Waals surface area contributed by atoms with Gasteiger partial charge in [-0.3, -0.25) is 19.9 Å². The first-order chi connectivity index (χ1) is 15.3. The number of hydrazone groups is 1. The van der Waals surface area contributed by atoms with Crippen LogP contribution in [0.1, 0.15) is 27.9 Å². The number of amides is 2. The average molecular weight is 451 g/mol. The van der Waals surface area contributed by atoms with Crippen molar-refractivity contribution < 1.29 is 14.3 Å². The maximum atomic E-state index is 13.1. The van der Waals surface area contributed by atoms with Crippen LogP contribution in [0.15, 0.2) is 29.4 Å². The molecule has 9 nitrogen and oxygen atoms in total. The van der Waals surface area contributed by atoms with Crippen LogP contribution in [-0.2, 0) is 20.9 Å². The zero-order valence-electron chi connectivity index (χ0n) is 18.1. The van der Waals surface area contributed by atoms with Crippen molar-refractivity contribution in [2.75, 3.05) is 17.4 Å². The summed E-state index contributed by atoms with van der Waals surface area (Å²) < 4.78 is 5.13. The summed E-state index contributed by atoms with van der Waals surface area (Å²) in [5, 5.41) is 16.1.